The first kappa shape index (κ1) is 19.9. The van der Waals surface area contributed by atoms with Crippen LogP contribution in [-0.4, -0.2) is 45.5 Å². The molecular formula is C19H23N5O3S. The van der Waals surface area contributed by atoms with Gasteiger partial charge in [-0.1, -0.05) is 11.8 Å². The van der Waals surface area contributed by atoms with Gasteiger partial charge in [0.1, 0.15) is 11.5 Å². The van der Waals surface area contributed by atoms with Crippen molar-refractivity contribution in [1.29, 1.82) is 0 Å². The van der Waals surface area contributed by atoms with Crippen LogP contribution in [0.3, 0.4) is 0 Å². The number of aryl methyl sites for hydroxylation is 2. The van der Waals surface area contributed by atoms with Gasteiger partial charge >= 0.3 is 0 Å². The van der Waals surface area contributed by atoms with Gasteiger partial charge < -0.3 is 14.8 Å². The number of carbonyl (C=O) groups is 1. The number of fused-ring (bicyclic) bond motifs is 1. The van der Waals surface area contributed by atoms with Crippen molar-refractivity contribution >= 4 is 23.4 Å². The summed E-state index contributed by atoms with van der Waals surface area (Å²) in [5.74, 6) is 2.02. The summed E-state index contributed by atoms with van der Waals surface area (Å²) in [6.45, 7) is 5.76. The highest BCUT2D eigenvalue weighted by molar-refractivity contribution is 7.99. The van der Waals surface area contributed by atoms with Crippen LogP contribution < -0.4 is 14.8 Å². The Labute approximate surface area is 167 Å². The number of hydrogen-bond acceptors (Lipinski definition) is 7. The molecule has 0 saturated carbocycles. The molecule has 0 bridgehead atoms. The molecule has 0 saturated heterocycles. The van der Waals surface area contributed by atoms with Crippen LogP contribution in [-0.2, 0) is 4.79 Å². The summed E-state index contributed by atoms with van der Waals surface area (Å²) in [6.07, 6.45) is 0. The van der Waals surface area contributed by atoms with Crippen molar-refractivity contribution in [3.63, 3.8) is 0 Å². The van der Waals surface area contributed by atoms with Crippen LogP contribution >= 0.6 is 11.8 Å². The molecule has 3 aromatic rings. The zero-order valence-corrected chi connectivity index (χ0v) is 17.3. The Morgan fingerprint density at radius 2 is 2.00 bits per heavy atom. The summed E-state index contributed by atoms with van der Waals surface area (Å²) in [6, 6.07) is 7.20. The van der Waals surface area contributed by atoms with E-state index in [0.29, 0.717) is 22.4 Å². The number of hydrogen-bond donors (Lipinski definition) is 1. The fourth-order valence-corrected chi connectivity index (χ4v) is 3.51. The summed E-state index contributed by atoms with van der Waals surface area (Å²) in [5, 5.41) is 7.89. The number of nitrogens with zero attached hydrogens (tertiary/aromatic N) is 4. The third-order valence-electron chi connectivity index (χ3n) is 4.21. The molecule has 2 aromatic heterocycles. The van der Waals surface area contributed by atoms with E-state index in [-0.39, 0.29) is 17.7 Å². The zero-order valence-electron chi connectivity index (χ0n) is 16.5. The number of ether oxygens (including phenoxy) is 2. The lowest BCUT2D eigenvalue weighted by atomic mass is 10.1. The number of nitrogens with one attached hydrogen (secondary N) is 1. The van der Waals surface area contributed by atoms with Crippen molar-refractivity contribution in [2.24, 2.45) is 0 Å². The number of rotatable bonds is 7. The molecule has 8 nitrogen and oxygen atoms in total. The van der Waals surface area contributed by atoms with Crippen molar-refractivity contribution < 1.29 is 14.3 Å². The van der Waals surface area contributed by atoms with Gasteiger partial charge in [-0.2, -0.15) is 4.98 Å². The molecule has 2 heterocycles. The number of carbonyl (C=O) groups excluding carboxylic acids is 1. The molecular weight excluding hydrogens is 378 g/mol. The monoisotopic (exact) mass is 401 g/mol. The molecule has 3 rings (SSSR count). The molecule has 0 fully saturated rings. The average Bonchev–Trinajstić information content (AvgIpc) is 3.09. The minimum absolute atomic E-state index is 0.123. The van der Waals surface area contributed by atoms with Crippen molar-refractivity contribution in [2.45, 2.75) is 32.0 Å². The molecule has 0 unspecified atom stereocenters. The van der Waals surface area contributed by atoms with Crippen LogP contribution in [0, 0.1) is 13.8 Å². The number of thioether (sulfide) groups is 1. The fraction of sp³-hybridized carbons (Fsp3) is 0.368. The fourth-order valence-electron chi connectivity index (χ4n) is 2.88. The second-order valence-corrected chi connectivity index (χ2v) is 7.27. The van der Waals surface area contributed by atoms with E-state index in [2.05, 4.69) is 20.4 Å². The molecule has 1 atom stereocenters. The predicted molar refractivity (Wildman–Crippen MR) is 107 cm³/mol. The Morgan fingerprint density at radius 1 is 1.21 bits per heavy atom. The quantitative estimate of drug-likeness (QED) is 0.609. The molecule has 0 aliphatic carbocycles. The largest absolute Gasteiger partial charge is 0.497 e. The van der Waals surface area contributed by atoms with Crippen molar-refractivity contribution in [3.8, 4) is 11.5 Å². The van der Waals surface area contributed by atoms with Crippen LogP contribution in [0.4, 0.5) is 0 Å². The first-order chi connectivity index (χ1) is 13.4. The highest BCUT2D eigenvalue weighted by Gasteiger charge is 2.16. The van der Waals surface area contributed by atoms with E-state index in [1.807, 2.05) is 45.0 Å². The highest BCUT2D eigenvalue weighted by atomic mass is 32.2. The zero-order chi connectivity index (χ0) is 20.3. The number of aromatic nitrogens is 4. The summed E-state index contributed by atoms with van der Waals surface area (Å²) >= 11 is 1.27. The Morgan fingerprint density at radius 3 is 2.71 bits per heavy atom. The first-order valence-corrected chi connectivity index (χ1v) is 9.75. The van der Waals surface area contributed by atoms with Crippen molar-refractivity contribution in [1.82, 2.24) is 24.9 Å². The lowest BCUT2D eigenvalue weighted by Crippen LogP contribution is -2.28. The van der Waals surface area contributed by atoms with Crippen LogP contribution in [0.5, 0.6) is 11.5 Å². The second-order valence-electron chi connectivity index (χ2n) is 6.33. The van der Waals surface area contributed by atoms with Gasteiger partial charge in [0.15, 0.2) is 0 Å². The highest BCUT2D eigenvalue weighted by Crippen LogP contribution is 2.29. The summed E-state index contributed by atoms with van der Waals surface area (Å²) in [4.78, 5) is 21.1. The Hall–Kier alpha value is -2.81. The standard InChI is InChI=1S/C19H23N5O3S/c1-11-8-12(2)24-18(20-11)22-19(23-24)28-10-17(25)21-13(3)15-9-14(26-4)6-7-16(15)27-5/h6-9,13H,10H2,1-5H3,(H,21,25)/t13-/m1/s1. The van der Waals surface area contributed by atoms with Crippen molar-refractivity contribution in [3.05, 3.63) is 41.2 Å². The van der Waals surface area contributed by atoms with Crippen LogP contribution in [0.15, 0.2) is 29.4 Å². The molecule has 0 radical (unpaired) electrons. The minimum atomic E-state index is -0.237. The maximum Gasteiger partial charge on any atom is 0.253 e. The van der Waals surface area contributed by atoms with E-state index in [1.165, 1.54) is 11.8 Å². The van der Waals surface area contributed by atoms with Gasteiger partial charge in [0.05, 0.1) is 26.0 Å². The molecule has 9 heteroatoms. The Balaban J connectivity index is 1.65. The second kappa shape index (κ2) is 8.47. The molecule has 1 aromatic carbocycles. The first-order valence-electron chi connectivity index (χ1n) is 8.76. The molecule has 1 N–H and O–H groups in total. The number of amides is 1. The van der Waals surface area contributed by atoms with Gasteiger partial charge in [0, 0.05) is 17.0 Å². The van der Waals surface area contributed by atoms with Crippen LogP contribution in [0.1, 0.15) is 29.9 Å². The van der Waals surface area contributed by atoms with Crippen molar-refractivity contribution in [2.75, 3.05) is 20.0 Å². The lowest BCUT2D eigenvalue weighted by Gasteiger charge is -2.18. The van der Waals surface area contributed by atoms with E-state index in [1.54, 1.807) is 18.7 Å². The average molecular weight is 401 g/mol. The normalized spacial score (nSPS) is 12.0. The maximum atomic E-state index is 12.4. The molecule has 0 spiro atoms. The Bertz CT molecular complexity index is 1000. The van der Waals surface area contributed by atoms with E-state index in [9.17, 15) is 4.79 Å². The van der Waals surface area contributed by atoms with Gasteiger partial charge in [-0.25, -0.2) is 9.50 Å². The number of methoxy groups -OCH3 is 2. The summed E-state index contributed by atoms with van der Waals surface area (Å²) in [5.41, 5.74) is 2.68. The number of benzene rings is 1. The van der Waals surface area contributed by atoms with Gasteiger partial charge in [-0.05, 0) is 45.0 Å². The van der Waals surface area contributed by atoms with Crippen LogP contribution in [0.2, 0.25) is 0 Å². The van der Waals surface area contributed by atoms with Crippen LogP contribution in [0.25, 0.3) is 5.78 Å². The molecule has 28 heavy (non-hydrogen) atoms. The third-order valence-corrected chi connectivity index (χ3v) is 5.05. The van der Waals surface area contributed by atoms with Gasteiger partial charge in [0.25, 0.3) is 5.78 Å². The van der Waals surface area contributed by atoms with Gasteiger partial charge in [0.2, 0.25) is 11.1 Å². The summed E-state index contributed by atoms with van der Waals surface area (Å²) < 4.78 is 12.3. The molecule has 0 aliphatic rings. The Kier molecular flexibility index (Phi) is 6.03. The van der Waals surface area contributed by atoms with E-state index in [0.717, 1.165) is 17.0 Å². The maximum absolute atomic E-state index is 12.4. The van der Waals surface area contributed by atoms with Gasteiger partial charge in [-0.3, -0.25) is 4.79 Å². The summed E-state index contributed by atoms with van der Waals surface area (Å²) in [7, 11) is 3.20. The topological polar surface area (TPSA) is 90.6 Å². The predicted octanol–water partition coefficient (Wildman–Crippen LogP) is 2.73. The smallest absolute Gasteiger partial charge is 0.253 e. The van der Waals surface area contributed by atoms with E-state index >= 15 is 0 Å². The van der Waals surface area contributed by atoms with Gasteiger partial charge in [-0.15, -0.1) is 5.10 Å². The third kappa shape index (κ3) is 4.36. The molecule has 148 valence electrons. The van der Waals surface area contributed by atoms with E-state index in [4.69, 9.17) is 9.47 Å². The SMILES string of the molecule is COc1ccc(OC)c([C@@H](C)NC(=O)CSc2nc3nc(C)cc(C)n3n2)c1. The minimum Gasteiger partial charge on any atom is -0.497 e. The molecule has 0 aliphatic heterocycles. The molecule has 1 amide bonds. The van der Waals surface area contributed by atoms with E-state index < -0.39 is 0 Å². The lowest BCUT2D eigenvalue weighted by molar-refractivity contribution is -0.119.